The number of H-pyrrole nitrogens is 1. The molecule has 2 heterocycles. The first-order chi connectivity index (χ1) is 12.7. The number of ketones is 1. The molecule has 3 rings (SSSR count). The predicted molar refractivity (Wildman–Crippen MR) is 99.1 cm³/mol. The van der Waals surface area contributed by atoms with Crippen LogP contribution in [0.5, 0.6) is 0 Å². The van der Waals surface area contributed by atoms with Crippen LogP contribution in [-0.2, 0) is 10.0 Å². The van der Waals surface area contributed by atoms with Gasteiger partial charge in [0.25, 0.3) is 0 Å². The number of hydrogen-bond donors (Lipinski definition) is 2. The maximum Gasteiger partial charge on any atom is 0.232 e. The van der Waals surface area contributed by atoms with Crippen molar-refractivity contribution in [1.82, 2.24) is 15.2 Å². The zero-order valence-corrected chi connectivity index (χ0v) is 16.3. The summed E-state index contributed by atoms with van der Waals surface area (Å²) in [5, 5.41) is 6.70. The first kappa shape index (κ1) is 19.4. The summed E-state index contributed by atoms with van der Waals surface area (Å²) in [4.78, 5) is 16.8. The summed E-state index contributed by atoms with van der Waals surface area (Å²) in [5.41, 5.74) is -1.20. The molecule has 27 heavy (non-hydrogen) atoms. The molecule has 0 aliphatic rings. The highest BCUT2D eigenvalue weighted by Gasteiger charge is 2.25. The van der Waals surface area contributed by atoms with Crippen LogP contribution in [0, 0.1) is 11.6 Å². The summed E-state index contributed by atoms with van der Waals surface area (Å²) in [7, 11) is -3.94. The number of nitrogens with zero attached hydrogens (tertiary/aromatic N) is 2. The Labute approximate surface area is 161 Å². The van der Waals surface area contributed by atoms with Crippen LogP contribution in [0.2, 0.25) is 0 Å². The Hall–Kier alpha value is -2.40. The highest BCUT2D eigenvalue weighted by Crippen LogP contribution is 2.27. The van der Waals surface area contributed by atoms with E-state index < -0.39 is 38.7 Å². The van der Waals surface area contributed by atoms with Gasteiger partial charge in [-0.1, -0.05) is 6.92 Å². The third-order valence-corrected chi connectivity index (χ3v) is 5.56. The molecule has 2 aromatic heterocycles. The van der Waals surface area contributed by atoms with Gasteiger partial charge in [-0.25, -0.2) is 22.2 Å². The number of hydrogen-bond acceptors (Lipinski definition) is 5. The van der Waals surface area contributed by atoms with E-state index in [-0.39, 0.29) is 23.5 Å². The van der Waals surface area contributed by atoms with Crippen LogP contribution in [0.4, 0.5) is 14.5 Å². The summed E-state index contributed by atoms with van der Waals surface area (Å²) in [6, 6.07) is 3.35. The monoisotopic (exact) mass is 458 g/mol. The van der Waals surface area contributed by atoms with Crippen LogP contribution in [0.15, 0.2) is 28.9 Å². The van der Waals surface area contributed by atoms with Crippen molar-refractivity contribution in [3.8, 4) is 0 Å². The largest absolute Gasteiger partial charge is 0.287 e. The molecule has 2 N–H and O–H groups in total. The molecule has 3 aromatic rings. The van der Waals surface area contributed by atoms with Gasteiger partial charge in [-0.3, -0.25) is 14.6 Å². The lowest BCUT2D eigenvalue weighted by Gasteiger charge is -2.11. The number of pyridine rings is 1. The van der Waals surface area contributed by atoms with Crippen LogP contribution in [0.1, 0.15) is 29.4 Å². The van der Waals surface area contributed by atoms with Gasteiger partial charge in [-0.05, 0) is 40.5 Å². The second-order valence-corrected chi connectivity index (χ2v) is 8.41. The minimum Gasteiger partial charge on any atom is -0.287 e. The van der Waals surface area contributed by atoms with E-state index in [1.807, 2.05) is 4.72 Å². The van der Waals surface area contributed by atoms with Gasteiger partial charge in [-0.2, -0.15) is 5.10 Å². The Morgan fingerprint density at radius 1 is 1.33 bits per heavy atom. The molecule has 0 radical (unpaired) electrons. The fourth-order valence-electron chi connectivity index (χ4n) is 2.48. The van der Waals surface area contributed by atoms with Crippen molar-refractivity contribution in [1.29, 1.82) is 0 Å². The van der Waals surface area contributed by atoms with E-state index in [2.05, 4.69) is 31.1 Å². The molecule has 0 fully saturated rings. The Balaban J connectivity index is 2.08. The number of rotatable bonds is 6. The fourth-order valence-corrected chi connectivity index (χ4v) is 3.95. The SMILES string of the molecule is CCCS(=O)(=O)Nc1c(F)ccc(C(=O)c2[nH]nc3ncc(Br)cc23)c1F. The molecular weight excluding hydrogens is 446 g/mol. The molecule has 0 atom stereocenters. The van der Waals surface area contributed by atoms with E-state index >= 15 is 0 Å². The zero-order chi connectivity index (χ0) is 19.8. The van der Waals surface area contributed by atoms with Crippen molar-refractivity contribution in [3.05, 3.63) is 51.8 Å². The summed E-state index contributed by atoms with van der Waals surface area (Å²) in [6.45, 7) is 1.61. The van der Waals surface area contributed by atoms with E-state index in [0.717, 1.165) is 12.1 Å². The summed E-state index contributed by atoms with van der Waals surface area (Å²) in [5.74, 6) is -3.55. The molecule has 7 nitrogen and oxygen atoms in total. The summed E-state index contributed by atoms with van der Waals surface area (Å²) in [6.07, 6.45) is 1.75. The van der Waals surface area contributed by atoms with Gasteiger partial charge in [0.1, 0.15) is 17.2 Å². The van der Waals surface area contributed by atoms with Gasteiger partial charge in [0, 0.05) is 10.7 Å². The smallest absolute Gasteiger partial charge is 0.232 e. The van der Waals surface area contributed by atoms with E-state index in [1.165, 1.54) is 6.20 Å². The molecular formula is C16H13BrF2N4O3S. The van der Waals surface area contributed by atoms with Gasteiger partial charge in [-0.15, -0.1) is 0 Å². The minimum absolute atomic E-state index is 0.0494. The average molecular weight is 459 g/mol. The first-order valence-electron chi connectivity index (χ1n) is 7.76. The Bertz CT molecular complexity index is 1150. The Kier molecular flexibility index (Phi) is 5.24. The van der Waals surface area contributed by atoms with Crippen molar-refractivity contribution in [2.75, 3.05) is 10.5 Å². The number of halogens is 3. The predicted octanol–water partition coefficient (Wildman–Crippen LogP) is 3.38. The topological polar surface area (TPSA) is 105 Å². The molecule has 142 valence electrons. The van der Waals surface area contributed by atoms with Gasteiger partial charge in [0.2, 0.25) is 15.8 Å². The normalized spacial score (nSPS) is 11.7. The van der Waals surface area contributed by atoms with E-state index in [9.17, 15) is 22.0 Å². The Morgan fingerprint density at radius 3 is 2.78 bits per heavy atom. The third kappa shape index (κ3) is 3.83. The number of benzene rings is 1. The molecule has 0 bridgehead atoms. The Morgan fingerprint density at radius 2 is 2.07 bits per heavy atom. The number of fused-ring (bicyclic) bond motifs is 1. The lowest BCUT2D eigenvalue weighted by Crippen LogP contribution is -2.19. The fraction of sp³-hybridized carbons (Fsp3) is 0.188. The van der Waals surface area contributed by atoms with Gasteiger partial charge < -0.3 is 0 Å². The van der Waals surface area contributed by atoms with Crippen molar-refractivity contribution >= 4 is 48.5 Å². The van der Waals surface area contributed by atoms with Crippen LogP contribution in [0.25, 0.3) is 11.0 Å². The van der Waals surface area contributed by atoms with Gasteiger partial charge in [0.05, 0.1) is 16.7 Å². The van der Waals surface area contributed by atoms with Gasteiger partial charge >= 0.3 is 0 Å². The third-order valence-electron chi connectivity index (χ3n) is 3.67. The highest BCUT2D eigenvalue weighted by atomic mass is 79.9. The molecule has 0 saturated heterocycles. The van der Waals surface area contributed by atoms with Crippen molar-refractivity contribution in [2.45, 2.75) is 13.3 Å². The van der Waals surface area contributed by atoms with E-state index in [4.69, 9.17) is 0 Å². The van der Waals surface area contributed by atoms with E-state index in [0.29, 0.717) is 9.86 Å². The van der Waals surface area contributed by atoms with Crippen LogP contribution < -0.4 is 4.72 Å². The van der Waals surface area contributed by atoms with Crippen LogP contribution in [0.3, 0.4) is 0 Å². The number of carbonyl (C=O) groups excluding carboxylic acids is 1. The van der Waals surface area contributed by atoms with E-state index in [1.54, 1.807) is 13.0 Å². The molecule has 0 spiro atoms. The molecule has 0 amide bonds. The summed E-state index contributed by atoms with van der Waals surface area (Å²) >= 11 is 3.22. The lowest BCUT2D eigenvalue weighted by molar-refractivity contribution is 0.103. The summed E-state index contributed by atoms with van der Waals surface area (Å²) < 4.78 is 55.0. The number of anilines is 1. The number of aromatic nitrogens is 3. The molecule has 0 unspecified atom stereocenters. The molecule has 0 aliphatic carbocycles. The minimum atomic E-state index is -3.94. The van der Waals surface area contributed by atoms with Crippen molar-refractivity contribution in [2.24, 2.45) is 0 Å². The number of nitrogens with one attached hydrogen (secondary N) is 2. The average Bonchev–Trinajstić information content (AvgIpc) is 3.01. The quantitative estimate of drug-likeness (QED) is 0.550. The molecule has 1 aromatic carbocycles. The lowest BCUT2D eigenvalue weighted by atomic mass is 10.0. The number of carbonyl (C=O) groups is 1. The second kappa shape index (κ2) is 7.31. The standard InChI is InChI=1S/C16H13BrF2N4O3S/c1-2-5-27(25,26)23-14-11(18)4-3-9(12(14)19)15(24)13-10-6-8(17)7-20-16(10)22-21-13/h3-4,6-7,23H,2,5H2,1H3,(H,20,21,22). The maximum atomic E-state index is 14.8. The maximum absolute atomic E-state index is 14.8. The molecule has 0 aliphatic heterocycles. The van der Waals surface area contributed by atoms with Crippen LogP contribution >= 0.6 is 15.9 Å². The zero-order valence-electron chi connectivity index (χ0n) is 13.9. The van der Waals surface area contributed by atoms with Crippen molar-refractivity contribution in [3.63, 3.8) is 0 Å². The van der Waals surface area contributed by atoms with Crippen molar-refractivity contribution < 1.29 is 22.0 Å². The molecule has 0 saturated carbocycles. The van der Waals surface area contributed by atoms with Crippen LogP contribution in [-0.4, -0.2) is 35.1 Å². The molecule has 11 heteroatoms. The number of aromatic amines is 1. The van der Waals surface area contributed by atoms with Gasteiger partial charge in [0.15, 0.2) is 11.5 Å². The first-order valence-corrected chi connectivity index (χ1v) is 10.2. The number of sulfonamides is 1. The highest BCUT2D eigenvalue weighted by molar-refractivity contribution is 9.10. The second-order valence-electron chi connectivity index (χ2n) is 5.66.